The van der Waals surface area contributed by atoms with Crippen molar-refractivity contribution in [1.82, 2.24) is 19.4 Å². The van der Waals surface area contributed by atoms with E-state index in [4.69, 9.17) is 4.74 Å². The lowest BCUT2D eigenvalue weighted by molar-refractivity contribution is -0.133. The summed E-state index contributed by atoms with van der Waals surface area (Å²) in [5, 5.41) is 1.16. The number of para-hydroxylation sites is 1. The Morgan fingerprint density at radius 1 is 1.22 bits per heavy atom. The number of benzene rings is 1. The summed E-state index contributed by atoms with van der Waals surface area (Å²) in [7, 11) is 0. The molecule has 0 radical (unpaired) electrons. The Kier molecular flexibility index (Phi) is 5.38. The maximum atomic E-state index is 12.8. The zero-order valence-corrected chi connectivity index (χ0v) is 16.5. The maximum absolute atomic E-state index is 12.8. The third-order valence-corrected chi connectivity index (χ3v) is 5.31. The molecule has 4 rings (SSSR count). The lowest BCUT2D eigenvalue weighted by Crippen LogP contribution is -2.43. The van der Waals surface area contributed by atoms with Crippen LogP contribution in [0, 0.1) is 5.92 Å². The predicted octanol–water partition coefficient (Wildman–Crippen LogP) is 3.51. The van der Waals surface area contributed by atoms with Gasteiger partial charge in [0.2, 0.25) is 5.91 Å². The second-order valence-corrected chi connectivity index (χ2v) is 7.76. The fraction of sp³-hybridized carbons (Fsp3) is 0.350. The molecule has 1 aromatic carbocycles. The van der Waals surface area contributed by atoms with Gasteiger partial charge in [-0.1, -0.05) is 18.2 Å². The highest BCUT2D eigenvalue weighted by Gasteiger charge is 2.24. The minimum absolute atomic E-state index is 0.154. The van der Waals surface area contributed by atoms with E-state index in [1.54, 1.807) is 12.4 Å². The lowest BCUT2D eigenvalue weighted by atomic mass is 9.99. The molecule has 7 heteroatoms. The molecule has 1 aliphatic heterocycles. The molecule has 0 saturated carbocycles. The van der Waals surface area contributed by atoms with E-state index in [9.17, 15) is 4.79 Å². The summed E-state index contributed by atoms with van der Waals surface area (Å²) in [6.45, 7) is 2.42. The van der Waals surface area contributed by atoms with Crippen LogP contribution in [0.5, 0.6) is 6.01 Å². The van der Waals surface area contributed by atoms with E-state index < -0.39 is 0 Å². The van der Waals surface area contributed by atoms with Gasteiger partial charge in [0, 0.05) is 43.1 Å². The Morgan fingerprint density at radius 3 is 2.89 bits per heavy atom. The van der Waals surface area contributed by atoms with Crippen LogP contribution < -0.4 is 4.74 Å². The molecule has 1 unspecified atom stereocenters. The number of nitrogens with zero attached hydrogens (tertiary/aromatic N) is 4. The van der Waals surface area contributed by atoms with Crippen LogP contribution in [0.3, 0.4) is 0 Å². The van der Waals surface area contributed by atoms with Gasteiger partial charge >= 0.3 is 6.01 Å². The quantitative estimate of drug-likeness (QED) is 0.623. The maximum Gasteiger partial charge on any atom is 0.316 e. The second kappa shape index (κ2) is 8.08. The fourth-order valence-corrected chi connectivity index (χ4v) is 3.72. The van der Waals surface area contributed by atoms with Crippen molar-refractivity contribution in [2.24, 2.45) is 5.92 Å². The summed E-state index contributed by atoms with van der Waals surface area (Å²) < 4.78 is 8.55. The molecule has 1 aliphatic rings. The first-order valence-corrected chi connectivity index (χ1v) is 9.90. The number of carbonyl (C=O) groups excluding carboxylic acids is 1. The Hall–Kier alpha value is -2.41. The molecule has 0 aliphatic carbocycles. The molecule has 1 amide bonds. The molecular formula is C20H21BrN4O2. The lowest BCUT2D eigenvalue weighted by Gasteiger charge is -2.32. The van der Waals surface area contributed by atoms with Crippen LogP contribution in [0.15, 0.2) is 53.4 Å². The summed E-state index contributed by atoms with van der Waals surface area (Å²) in [6.07, 6.45) is 7.36. The normalized spacial score (nSPS) is 17.2. The Labute approximate surface area is 166 Å². The first kappa shape index (κ1) is 18.0. The monoisotopic (exact) mass is 428 g/mol. The van der Waals surface area contributed by atoms with E-state index in [2.05, 4.69) is 32.0 Å². The predicted molar refractivity (Wildman–Crippen MR) is 106 cm³/mol. The standard InChI is InChI=1S/C20H21BrN4O2/c21-17-10-22-20(23-11-17)27-14-15-4-3-8-25(12-15)19(26)13-24-9-7-16-5-1-2-6-18(16)24/h1-2,5-7,9-11,15H,3-4,8,12-14H2. The molecule has 27 heavy (non-hydrogen) atoms. The van der Waals surface area contributed by atoms with Gasteiger partial charge in [-0.2, -0.15) is 0 Å². The van der Waals surface area contributed by atoms with Gasteiger partial charge in [0.05, 0.1) is 11.1 Å². The number of hydrogen-bond donors (Lipinski definition) is 0. The molecule has 0 bridgehead atoms. The average molecular weight is 429 g/mol. The van der Waals surface area contributed by atoms with E-state index in [1.165, 1.54) is 0 Å². The van der Waals surface area contributed by atoms with Crippen molar-refractivity contribution in [3.8, 4) is 6.01 Å². The van der Waals surface area contributed by atoms with Crippen molar-refractivity contribution in [3.63, 3.8) is 0 Å². The van der Waals surface area contributed by atoms with Gasteiger partial charge in [-0.15, -0.1) is 0 Å². The molecule has 0 N–H and O–H groups in total. The van der Waals surface area contributed by atoms with Gasteiger partial charge in [0.1, 0.15) is 6.54 Å². The van der Waals surface area contributed by atoms with Gasteiger partial charge in [-0.3, -0.25) is 4.79 Å². The number of rotatable bonds is 5. The molecule has 1 saturated heterocycles. The molecule has 140 valence electrons. The molecule has 3 heterocycles. The SMILES string of the molecule is O=C(Cn1ccc2ccccc21)N1CCCC(COc2ncc(Br)cn2)C1. The van der Waals surface area contributed by atoms with E-state index in [0.717, 1.165) is 34.8 Å². The van der Waals surface area contributed by atoms with E-state index in [0.29, 0.717) is 31.6 Å². The van der Waals surface area contributed by atoms with Crippen molar-refractivity contribution in [1.29, 1.82) is 0 Å². The number of ether oxygens (including phenoxy) is 1. The number of carbonyl (C=O) groups is 1. The number of amides is 1. The Morgan fingerprint density at radius 2 is 2.04 bits per heavy atom. The third-order valence-electron chi connectivity index (χ3n) is 4.90. The number of fused-ring (bicyclic) bond motifs is 1. The highest BCUT2D eigenvalue weighted by Crippen LogP contribution is 2.20. The summed E-state index contributed by atoms with van der Waals surface area (Å²) in [5.74, 6) is 0.456. The number of aromatic nitrogens is 3. The van der Waals surface area contributed by atoms with Crippen LogP contribution in [0.25, 0.3) is 10.9 Å². The van der Waals surface area contributed by atoms with Crippen molar-refractivity contribution in [2.45, 2.75) is 19.4 Å². The van der Waals surface area contributed by atoms with Crippen molar-refractivity contribution >= 4 is 32.7 Å². The van der Waals surface area contributed by atoms with Crippen LogP contribution in [0.4, 0.5) is 0 Å². The van der Waals surface area contributed by atoms with Crippen LogP contribution in [0.1, 0.15) is 12.8 Å². The highest BCUT2D eigenvalue weighted by molar-refractivity contribution is 9.10. The van der Waals surface area contributed by atoms with Gasteiger partial charge in [0.15, 0.2) is 0 Å². The van der Waals surface area contributed by atoms with E-state index in [-0.39, 0.29) is 5.91 Å². The van der Waals surface area contributed by atoms with Crippen LogP contribution in [-0.4, -0.2) is 45.0 Å². The molecular weight excluding hydrogens is 408 g/mol. The van der Waals surface area contributed by atoms with Gasteiger partial charge in [0.25, 0.3) is 0 Å². The molecule has 2 aromatic heterocycles. The summed E-state index contributed by atoms with van der Waals surface area (Å²) in [5.41, 5.74) is 1.09. The Bertz CT molecular complexity index is 925. The molecule has 1 fully saturated rings. The van der Waals surface area contributed by atoms with Gasteiger partial charge in [-0.25, -0.2) is 9.97 Å². The topological polar surface area (TPSA) is 60.2 Å². The number of halogens is 1. The number of hydrogen-bond acceptors (Lipinski definition) is 4. The second-order valence-electron chi connectivity index (χ2n) is 6.85. The average Bonchev–Trinajstić information content (AvgIpc) is 3.11. The first-order valence-electron chi connectivity index (χ1n) is 9.11. The Balaban J connectivity index is 1.34. The van der Waals surface area contributed by atoms with E-state index >= 15 is 0 Å². The summed E-state index contributed by atoms with van der Waals surface area (Å²) in [4.78, 5) is 23.0. The number of likely N-dealkylation sites (tertiary alicyclic amines) is 1. The van der Waals surface area contributed by atoms with Crippen LogP contribution in [0.2, 0.25) is 0 Å². The van der Waals surface area contributed by atoms with E-state index in [1.807, 2.05) is 39.9 Å². The van der Waals surface area contributed by atoms with Crippen LogP contribution in [-0.2, 0) is 11.3 Å². The summed E-state index contributed by atoms with van der Waals surface area (Å²) in [6, 6.07) is 10.6. The minimum atomic E-state index is 0.154. The summed E-state index contributed by atoms with van der Waals surface area (Å²) >= 11 is 3.31. The van der Waals surface area contributed by atoms with Crippen LogP contribution >= 0.6 is 15.9 Å². The number of piperidine rings is 1. The smallest absolute Gasteiger partial charge is 0.316 e. The third kappa shape index (κ3) is 4.30. The zero-order chi connectivity index (χ0) is 18.6. The molecule has 1 atom stereocenters. The first-order chi connectivity index (χ1) is 13.2. The highest BCUT2D eigenvalue weighted by atomic mass is 79.9. The fourth-order valence-electron chi connectivity index (χ4n) is 3.52. The van der Waals surface area contributed by atoms with Crippen molar-refractivity contribution < 1.29 is 9.53 Å². The molecule has 0 spiro atoms. The van der Waals surface area contributed by atoms with Gasteiger partial charge in [-0.05, 0) is 46.3 Å². The molecule has 3 aromatic rings. The molecule has 6 nitrogen and oxygen atoms in total. The largest absolute Gasteiger partial charge is 0.463 e. The van der Waals surface area contributed by atoms with Crippen molar-refractivity contribution in [2.75, 3.05) is 19.7 Å². The van der Waals surface area contributed by atoms with Crippen molar-refractivity contribution in [3.05, 3.63) is 53.4 Å². The minimum Gasteiger partial charge on any atom is -0.463 e. The van der Waals surface area contributed by atoms with Gasteiger partial charge < -0.3 is 14.2 Å². The zero-order valence-electron chi connectivity index (χ0n) is 14.9.